The number of benzene rings is 1. The van der Waals surface area contributed by atoms with E-state index in [4.69, 9.17) is 10.5 Å². The normalized spacial score (nSPS) is 12.5. The lowest BCUT2D eigenvalue weighted by atomic mass is 10.0. The molecule has 0 aliphatic rings. The zero-order valence-corrected chi connectivity index (χ0v) is 10.5. The molecule has 0 aliphatic heterocycles. The molecular weight excluding hydrogens is 277 g/mol. The van der Waals surface area contributed by atoms with Crippen LogP contribution in [0.2, 0.25) is 0 Å². The van der Waals surface area contributed by atoms with Gasteiger partial charge < -0.3 is 10.5 Å². The molecule has 3 nitrogen and oxygen atoms in total. The van der Waals surface area contributed by atoms with Crippen molar-refractivity contribution in [3.05, 3.63) is 34.1 Å². The Hall–Kier alpha value is -0.780. The zero-order valence-electron chi connectivity index (χ0n) is 8.87. The molecular formula is C11H13BrFNO2. The third-order valence-corrected chi connectivity index (χ3v) is 2.80. The first-order valence-electron chi connectivity index (χ1n) is 4.80. The standard InChI is InChI=1S/C11H13BrFNO2/c1-16-6-5-9(14)11(15)7-3-2-4-8(12)10(7)13/h2-4,9H,5-6,14H2,1H3. The van der Waals surface area contributed by atoms with Crippen LogP contribution in [-0.2, 0) is 4.74 Å². The minimum atomic E-state index is -0.733. The summed E-state index contributed by atoms with van der Waals surface area (Å²) in [7, 11) is 1.52. The molecule has 0 aliphatic carbocycles. The number of hydrogen-bond acceptors (Lipinski definition) is 3. The number of halogens is 2. The summed E-state index contributed by atoms with van der Waals surface area (Å²) in [4.78, 5) is 11.8. The van der Waals surface area contributed by atoms with Crippen LogP contribution in [-0.4, -0.2) is 25.5 Å². The molecule has 1 atom stereocenters. The van der Waals surface area contributed by atoms with Crippen LogP contribution in [0.15, 0.2) is 22.7 Å². The maximum Gasteiger partial charge on any atom is 0.182 e. The number of carbonyl (C=O) groups is 1. The third kappa shape index (κ3) is 3.10. The monoisotopic (exact) mass is 289 g/mol. The molecule has 0 heterocycles. The van der Waals surface area contributed by atoms with E-state index in [2.05, 4.69) is 15.9 Å². The van der Waals surface area contributed by atoms with E-state index in [1.165, 1.54) is 19.2 Å². The quantitative estimate of drug-likeness (QED) is 0.845. The van der Waals surface area contributed by atoms with Crippen LogP contribution >= 0.6 is 15.9 Å². The molecule has 0 fully saturated rings. The van der Waals surface area contributed by atoms with Gasteiger partial charge in [0.25, 0.3) is 0 Å². The van der Waals surface area contributed by atoms with Gasteiger partial charge in [0.1, 0.15) is 5.82 Å². The first kappa shape index (κ1) is 13.3. The van der Waals surface area contributed by atoms with Crippen molar-refractivity contribution in [1.29, 1.82) is 0 Å². The van der Waals surface area contributed by atoms with Crippen molar-refractivity contribution in [2.24, 2.45) is 5.73 Å². The van der Waals surface area contributed by atoms with Gasteiger partial charge in [0.05, 0.1) is 16.1 Å². The van der Waals surface area contributed by atoms with Gasteiger partial charge in [-0.1, -0.05) is 6.07 Å². The summed E-state index contributed by atoms with van der Waals surface area (Å²) in [6.07, 6.45) is 0.376. The predicted octanol–water partition coefficient (Wildman–Crippen LogP) is 2.13. The van der Waals surface area contributed by atoms with Gasteiger partial charge in [-0.05, 0) is 34.5 Å². The van der Waals surface area contributed by atoms with Crippen molar-refractivity contribution in [2.75, 3.05) is 13.7 Å². The van der Waals surface area contributed by atoms with Gasteiger partial charge in [-0.15, -0.1) is 0 Å². The summed E-state index contributed by atoms with van der Waals surface area (Å²) in [5, 5.41) is 0. The number of methoxy groups -OCH3 is 1. The molecule has 0 radical (unpaired) electrons. The van der Waals surface area contributed by atoms with Gasteiger partial charge in [0.2, 0.25) is 0 Å². The molecule has 88 valence electrons. The molecule has 0 saturated heterocycles. The summed E-state index contributed by atoms with van der Waals surface area (Å²) in [6.45, 7) is 0.378. The van der Waals surface area contributed by atoms with Gasteiger partial charge in [-0.2, -0.15) is 0 Å². The van der Waals surface area contributed by atoms with Crippen molar-refractivity contribution in [3.8, 4) is 0 Å². The van der Waals surface area contributed by atoms with E-state index in [0.29, 0.717) is 13.0 Å². The molecule has 1 rings (SSSR count). The van der Waals surface area contributed by atoms with Crippen LogP contribution in [0.25, 0.3) is 0 Å². The molecule has 0 saturated carbocycles. The van der Waals surface area contributed by atoms with Gasteiger partial charge in [0, 0.05) is 13.7 Å². The number of Topliss-reactive ketones (excluding diaryl/α,β-unsaturated/α-hetero) is 1. The van der Waals surface area contributed by atoms with Crippen molar-refractivity contribution < 1.29 is 13.9 Å². The van der Waals surface area contributed by atoms with Crippen LogP contribution in [0, 0.1) is 5.82 Å². The third-order valence-electron chi connectivity index (χ3n) is 2.19. The smallest absolute Gasteiger partial charge is 0.182 e. The number of carbonyl (C=O) groups excluding carboxylic acids is 1. The fourth-order valence-electron chi connectivity index (χ4n) is 1.27. The Morgan fingerprint density at radius 2 is 2.31 bits per heavy atom. The van der Waals surface area contributed by atoms with Crippen LogP contribution in [0.5, 0.6) is 0 Å². The molecule has 16 heavy (non-hydrogen) atoms. The van der Waals surface area contributed by atoms with E-state index < -0.39 is 17.6 Å². The highest BCUT2D eigenvalue weighted by atomic mass is 79.9. The topological polar surface area (TPSA) is 52.3 Å². The van der Waals surface area contributed by atoms with E-state index in [-0.39, 0.29) is 10.0 Å². The van der Waals surface area contributed by atoms with Gasteiger partial charge in [0.15, 0.2) is 5.78 Å². The SMILES string of the molecule is COCCC(N)C(=O)c1cccc(Br)c1F. The second kappa shape index (κ2) is 6.08. The number of ether oxygens (including phenoxy) is 1. The average Bonchev–Trinajstić information content (AvgIpc) is 2.28. The molecule has 1 aromatic rings. The highest BCUT2D eigenvalue weighted by molar-refractivity contribution is 9.10. The van der Waals surface area contributed by atoms with Crippen LogP contribution < -0.4 is 5.73 Å². The molecule has 0 amide bonds. The van der Waals surface area contributed by atoms with Gasteiger partial charge in [-0.3, -0.25) is 4.79 Å². The molecule has 2 N–H and O–H groups in total. The summed E-state index contributed by atoms with van der Waals surface area (Å²) in [6, 6.07) is 3.83. The second-order valence-electron chi connectivity index (χ2n) is 3.35. The number of hydrogen-bond donors (Lipinski definition) is 1. The second-order valence-corrected chi connectivity index (χ2v) is 4.21. The van der Waals surface area contributed by atoms with E-state index in [0.717, 1.165) is 0 Å². The minimum Gasteiger partial charge on any atom is -0.385 e. The Labute approximate surface area is 102 Å². The summed E-state index contributed by atoms with van der Waals surface area (Å²) >= 11 is 3.02. The van der Waals surface area contributed by atoms with Crippen molar-refractivity contribution in [1.82, 2.24) is 0 Å². The van der Waals surface area contributed by atoms with Crippen molar-refractivity contribution in [3.63, 3.8) is 0 Å². The maximum absolute atomic E-state index is 13.6. The van der Waals surface area contributed by atoms with Crippen LogP contribution in [0.3, 0.4) is 0 Å². The highest BCUT2D eigenvalue weighted by Crippen LogP contribution is 2.19. The largest absolute Gasteiger partial charge is 0.385 e. The Morgan fingerprint density at radius 1 is 1.62 bits per heavy atom. The van der Waals surface area contributed by atoms with E-state index in [9.17, 15) is 9.18 Å². The fraction of sp³-hybridized carbons (Fsp3) is 0.364. The molecule has 0 bridgehead atoms. The van der Waals surface area contributed by atoms with E-state index >= 15 is 0 Å². The van der Waals surface area contributed by atoms with E-state index in [1.54, 1.807) is 6.07 Å². The lowest BCUT2D eigenvalue weighted by Gasteiger charge is -2.10. The Bertz CT molecular complexity index is 384. The molecule has 0 spiro atoms. The molecule has 0 aromatic heterocycles. The minimum absolute atomic E-state index is 0.0120. The van der Waals surface area contributed by atoms with Crippen molar-refractivity contribution in [2.45, 2.75) is 12.5 Å². The molecule has 1 unspecified atom stereocenters. The highest BCUT2D eigenvalue weighted by Gasteiger charge is 2.19. The van der Waals surface area contributed by atoms with Crippen LogP contribution in [0.1, 0.15) is 16.8 Å². The lowest BCUT2D eigenvalue weighted by Crippen LogP contribution is -2.32. The molecule has 1 aromatic carbocycles. The Kier molecular flexibility index (Phi) is 5.05. The maximum atomic E-state index is 13.6. The average molecular weight is 290 g/mol. The summed E-state index contributed by atoms with van der Waals surface area (Å²) in [5.74, 6) is -0.976. The number of ketones is 1. The van der Waals surface area contributed by atoms with Gasteiger partial charge in [-0.25, -0.2) is 4.39 Å². The zero-order chi connectivity index (χ0) is 12.1. The summed E-state index contributed by atoms with van der Waals surface area (Å²) < 4.78 is 18.7. The summed E-state index contributed by atoms with van der Waals surface area (Å²) in [5.41, 5.74) is 5.65. The number of rotatable bonds is 5. The molecule has 5 heteroatoms. The first-order valence-corrected chi connectivity index (χ1v) is 5.60. The lowest BCUT2D eigenvalue weighted by molar-refractivity contribution is 0.0931. The van der Waals surface area contributed by atoms with Crippen LogP contribution in [0.4, 0.5) is 4.39 Å². The Morgan fingerprint density at radius 3 is 2.94 bits per heavy atom. The van der Waals surface area contributed by atoms with Gasteiger partial charge >= 0.3 is 0 Å². The fourth-order valence-corrected chi connectivity index (χ4v) is 1.64. The first-order chi connectivity index (χ1) is 7.57. The van der Waals surface area contributed by atoms with E-state index in [1.807, 2.05) is 0 Å². The number of nitrogens with two attached hydrogens (primary N) is 1. The Balaban J connectivity index is 2.84. The van der Waals surface area contributed by atoms with Crippen molar-refractivity contribution >= 4 is 21.7 Å². The predicted molar refractivity (Wildman–Crippen MR) is 62.9 cm³/mol.